The van der Waals surface area contributed by atoms with E-state index in [0.717, 1.165) is 54.1 Å². The van der Waals surface area contributed by atoms with Gasteiger partial charge in [-0.25, -0.2) is 4.98 Å². The summed E-state index contributed by atoms with van der Waals surface area (Å²) in [7, 11) is 0. The van der Waals surface area contributed by atoms with Gasteiger partial charge in [0.1, 0.15) is 11.5 Å². The van der Waals surface area contributed by atoms with Crippen molar-refractivity contribution >= 4 is 46.1 Å². The molecule has 1 saturated heterocycles. The van der Waals surface area contributed by atoms with Crippen LogP contribution in [0.4, 0.5) is 5.82 Å². The predicted octanol–water partition coefficient (Wildman–Crippen LogP) is 2.06. The molecule has 3 aliphatic heterocycles. The minimum absolute atomic E-state index is 0.0441. The van der Waals surface area contributed by atoms with Gasteiger partial charge in [0.15, 0.2) is 0 Å². The maximum Gasteiger partial charge on any atom is 0.252 e. The first-order valence-corrected chi connectivity index (χ1v) is 13.2. The van der Waals surface area contributed by atoms with Crippen LogP contribution in [0.15, 0.2) is 44.8 Å². The summed E-state index contributed by atoms with van der Waals surface area (Å²) in [5.74, 6) is 0.927. The van der Waals surface area contributed by atoms with Crippen LogP contribution >= 0.6 is 23.4 Å². The number of nitrogens with zero attached hydrogens (tertiary/aromatic N) is 4. The Balaban J connectivity index is 1.07. The number of likely N-dealkylation sites (tertiary alicyclic amines) is 1. The average molecular weight is 513 g/mol. The molecule has 182 valence electrons. The van der Waals surface area contributed by atoms with Crippen molar-refractivity contribution < 1.29 is 4.79 Å². The summed E-state index contributed by atoms with van der Waals surface area (Å²) in [6.07, 6.45) is 1.93. The lowest BCUT2D eigenvalue weighted by Crippen LogP contribution is -2.44. The van der Waals surface area contributed by atoms with Gasteiger partial charge < -0.3 is 15.5 Å². The number of piperidine rings is 1. The van der Waals surface area contributed by atoms with Gasteiger partial charge in [0.25, 0.3) is 11.1 Å². The molecule has 3 aromatic heterocycles. The Morgan fingerprint density at radius 2 is 1.89 bits per heavy atom. The minimum atomic E-state index is -0.0603. The summed E-state index contributed by atoms with van der Waals surface area (Å²) in [6.45, 7) is 3.62. The Labute approximate surface area is 210 Å². The number of hydrogen-bond acceptors (Lipinski definition) is 7. The second-order valence-electron chi connectivity index (χ2n) is 9.31. The highest BCUT2D eigenvalue weighted by molar-refractivity contribution is 8.00. The highest BCUT2D eigenvalue weighted by Gasteiger charge is 2.29. The SMILES string of the molecule is O=C1CSc2cc(Cl)c(CNC3CCN(CC4Cn5c(=O)ccc6ccc(=O)n4c65)CC3)nc2N1. The van der Waals surface area contributed by atoms with Crippen LogP contribution < -0.4 is 21.8 Å². The summed E-state index contributed by atoms with van der Waals surface area (Å²) >= 11 is 7.89. The highest BCUT2D eigenvalue weighted by atomic mass is 35.5. The molecule has 0 radical (unpaired) electrons. The number of nitrogens with one attached hydrogen (secondary N) is 2. The van der Waals surface area contributed by atoms with Crippen LogP contribution in [-0.4, -0.2) is 56.4 Å². The number of carbonyl (C=O) groups excluding carboxylic acids is 1. The Bertz CT molecular complexity index is 1440. The summed E-state index contributed by atoms with van der Waals surface area (Å²) in [5.41, 5.74) is 1.35. The summed E-state index contributed by atoms with van der Waals surface area (Å²) in [5, 5.41) is 7.90. The summed E-state index contributed by atoms with van der Waals surface area (Å²) < 4.78 is 3.52. The molecule has 2 N–H and O–H groups in total. The van der Waals surface area contributed by atoms with Crippen molar-refractivity contribution in [1.29, 1.82) is 0 Å². The van der Waals surface area contributed by atoms with Crippen LogP contribution in [0.2, 0.25) is 5.02 Å². The molecule has 35 heavy (non-hydrogen) atoms. The standard InChI is InChI=1S/C24H25ClN6O3S/c25-17-9-19-23(28-20(32)13-35-19)27-18(17)10-26-15-5-7-29(8-6-15)11-16-12-30-21(33)3-1-14-2-4-22(34)31(16)24(14)30/h1-4,9,15-16,26H,5-8,10-13H2,(H,27,28,32). The van der Waals surface area contributed by atoms with E-state index in [4.69, 9.17) is 11.6 Å². The van der Waals surface area contributed by atoms with E-state index in [0.29, 0.717) is 35.7 Å². The second-order valence-corrected chi connectivity index (χ2v) is 10.7. The van der Waals surface area contributed by atoms with Crippen molar-refractivity contribution in [3.63, 3.8) is 0 Å². The molecule has 1 amide bonds. The van der Waals surface area contributed by atoms with E-state index in [-0.39, 0.29) is 23.1 Å². The number of amides is 1. The van der Waals surface area contributed by atoms with Gasteiger partial charge in [-0.1, -0.05) is 11.6 Å². The molecule has 0 aromatic carbocycles. The molecular formula is C24H25ClN6O3S. The number of hydrogen-bond donors (Lipinski definition) is 2. The van der Waals surface area contributed by atoms with Crippen LogP contribution in [0, 0.1) is 0 Å². The van der Waals surface area contributed by atoms with Crippen LogP contribution in [0.25, 0.3) is 11.0 Å². The van der Waals surface area contributed by atoms with Crippen molar-refractivity contribution in [3.8, 4) is 0 Å². The van der Waals surface area contributed by atoms with Crippen molar-refractivity contribution in [2.45, 2.75) is 42.9 Å². The van der Waals surface area contributed by atoms with E-state index in [1.54, 1.807) is 33.4 Å². The number of aromatic nitrogens is 3. The number of fused-ring (bicyclic) bond motifs is 1. The largest absolute Gasteiger partial charge is 0.309 e. The lowest BCUT2D eigenvalue weighted by atomic mass is 10.0. The van der Waals surface area contributed by atoms with E-state index in [9.17, 15) is 14.4 Å². The molecule has 0 saturated carbocycles. The monoisotopic (exact) mass is 512 g/mol. The van der Waals surface area contributed by atoms with Crippen molar-refractivity contribution in [1.82, 2.24) is 24.3 Å². The van der Waals surface area contributed by atoms with Crippen LogP contribution in [0.3, 0.4) is 0 Å². The molecule has 6 rings (SSSR count). The molecule has 1 fully saturated rings. The zero-order valence-electron chi connectivity index (χ0n) is 19.0. The zero-order chi connectivity index (χ0) is 24.1. The third-order valence-electron chi connectivity index (χ3n) is 7.06. The van der Waals surface area contributed by atoms with Gasteiger partial charge in [-0.2, -0.15) is 0 Å². The van der Waals surface area contributed by atoms with E-state index in [1.165, 1.54) is 11.8 Å². The molecule has 0 spiro atoms. The lowest BCUT2D eigenvalue weighted by molar-refractivity contribution is -0.113. The molecule has 6 heterocycles. The number of thioether (sulfide) groups is 1. The first-order chi connectivity index (χ1) is 17.0. The van der Waals surface area contributed by atoms with Crippen LogP contribution in [0.1, 0.15) is 24.6 Å². The average Bonchev–Trinajstić information content (AvgIpc) is 3.24. The maximum atomic E-state index is 12.6. The molecule has 9 nitrogen and oxygen atoms in total. The van der Waals surface area contributed by atoms with Gasteiger partial charge in [-0.05, 0) is 44.1 Å². The van der Waals surface area contributed by atoms with Crippen molar-refractivity contribution in [3.05, 3.63) is 61.8 Å². The number of pyridine rings is 3. The van der Waals surface area contributed by atoms with E-state index >= 15 is 0 Å². The van der Waals surface area contributed by atoms with Crippen LogP contribution in [0.5, 0.6) is 0 Å². The van der Waals surface area contributed by atoms with Gasteiger partial charge in [-0.15, -0.1) is 11.8 Å². The Kier molecular flexibility index (Phi) is 5.92. The number of rotatable bonds is 5. The van der Waals surface area contributed by atoms with Crippen molar-refractivity contribution in [2.75, 3.05) is 30.7 Å². The molecule has 3 aromatic rings. The fourth-order valence-electron chi connectivity index (χ4n) is 5.30. The Morgan fingerprint density at radius 1 is 1.11 bits per heavy atom. The van der Waals surface area contributed by atoms with Crippen LogP contribution in [-0.2, 0) is 17.9 Å². The first kappa shape index (κ1) is 22.8. The zero-order valence-corrected chi connectivity index (χ0v) is 20.6. The lowest BCUT2D eigenvalue weighted by Gasteiger charge is -2.34. The Hall–Kier alpha value is -2.66. The van der Waals surface area contributed by atoms with Gasteiger partial charge in [0.05, 0.1) is 27.4 Å². The molecule has 0 aliphatic carbocycles. The van der Waals surface area contributed by atoms with Gasteiger partial charge in [0.2, 0.25) is 5.91 Å². The quantitative estimate of drug-likeness (QED) is 0.539. The molecular weight excluding hydrogens is 488 g/mol. The molecule has 1 atom stereocenters. The normalized spacial score (nSPS) is 20.3. The number of anilines is 1. The number of carbonyl (C=O) groups is 1. The third kappa shape index (κ3) is 4.29. The topological polar surface area (TPSA) is 101 Å². The van der Waals surface area contributed by atoms with E-state index < -0.39 is 0 Å². The fourth-order valence-corrected chi connectivity index (χ4v) is 6.37. The smallest absolute Gasteiger partial charge is 0.252 e. The maximum absolute atomic E-state index is 12.6. The number of halogens is 1. The summed E-state index contributed by atoms with van der Waals surface area (Å²) in [6, 6.07) is 8.92. The Morgan fingerprint density at radius 3 is 2.69 bits per heavy atom. The molecule has 1 unspecified atom stereocenters. The molecule has 11 heteroatoms. The van der Waals surface area contributed by atoms with Gasteiger partial charge in [0, 0.05) is 43.2 Å². The molecule has 0 bridgehead atoms. The highest BCUT2D eigenvalue weighted by Crippen LogP contribution is 2.33. The summed E-state index contributed by atoms with van der Waals surface area (Å²) in [4.78, 5) is 44.6. The van der Waals surface area contributed by atoms with Gasteiger partial charge in [-0.3, -0.25) is 23.5 Å². The minimum Gasteiger partial charge on any atom is -0.309 e. The van der Waals surface area contributed by atoms with Gasteiger partial charge >= 0.3 is 0 Å². The van der Waals surface area contributed by atoms with E-state index in [1.807, 2.05) is 6.07 Å². The first-order valence-electron chi connectivity index (χ1n) is 11.8. The molecule has 3 aliphatic rings. The fraction of sp³-hybridized carbons (Fsp3) is 0.417. The second kappa shape index (κ2) is 9.09. The third-order valence-corrected chi connectivity index (χ3v) is 8.42. The van der Waals surface area contributed by atoms with Crippen molar-refractivity contribution in [2.24, 2.45) is 0 Å². The predicted molar refractivity (Wildman–Crippen MR) is 136 cm³/mol. The van der Waals surface area contributed by atoms with E-state index in [2.05, 4.69) is 20.5 Å².